The van der Waals surface area contributed by atoms with Crippen molar-refractivity contribution in [3.8, 4) is 0 Å². The Balaban J connectivity index is -0.000000143. The molecule has 2 N–H and O–H groups in total. The van der Waals surface area contributed by atoms with Gasteiger partial charge in [0.1, 0.15) is 0 Å². The van der Waals surface area contributed by atoms with Crippen molar-refractivity contribution in [2.24, 2.45) is 0 Å². The minimum Gasteiger partial charge on any atom is -0.351 e. The smallest absolute Gasteiger partial charge is 0.244 e. The van der Waals surface area contributed by atoms with E-state index in [-0.39, 0.29) is 27.9 Å². The molecule has 0 aromatic rings. The molecule has 0 unspecified atom stereocenters. The maximum absolute atomic E-state index is 11.0. The van der Waals surface area contributed by atoms with Crippen LogP contribution in [0.15, 0.2) is 24.8 Å². The Bertz CT molecular complexity index is 306. The Morgan fingerprint density at radius 1 is 1.06 bits per heavy atom. The molecule has 0 aromatic heterocycles. The number of rotatable bonds is 6. The van der Waals surface area contributed by atoms with Crippen LogP contribution in [0.1, 0.15) is 31.1 Å². The number of ketones is 1. The fraction of sp³-hybridized carbons (Fsp3) is 0.462. The lowest BCUT2D eigenvalue weighted by atomic mass is 10.4. The second kappa shape index (κ2) is 15.1. The van der Waals surface area contributed by atoms with E-state index in [0.29, 0.717) is 13.1 Å². The Kier molecular flexibility index (Phi) is 17.9. The normalized spacial score (nSPS) is 8.39. The first-order valence-electron chi connectivity index (χ1n) is 5.43. The van der Waals surface area contributed by atoms with Crippen molar-refractivity contribution in [2.45, 2.75) is 28.2 Å². The summed E-state index contributed by atoms with van der Waals surface area (Å²) >= 11 is 0. The van der Waals surface area contributed by atoms with Gasteiger partial charge in [0.2, 0.25) is 11.8 Å². The van der Waals surface area contributed by atoms with E-state index in [1.807, 2.05) is 13.8 Å². The summed E-state index contributed by atoms with van der Waals surface area (Å²) in [7, 11) is 0. The number of allylic oxidation sites excluding steroid dienone is 1. The Morgan fingerprint density at radius 3 is 1.89 bits per heavy atom. The molecule has 0 bridgehead atoms. The molecule has 0 atom stereocenters. The van der Waals surface area contributed by atoms with Crippen molar-refractivity contribution in [3.05, 3.63) is 24.8 Å². The Labute approximate surface area is 112 Å². The van der Waals surface area contributed by atoms with Crippen molar-refractivity contribution in [2.75, 3.05) is 13.1 Å². The minimum atomic E-state index is -0.363. The van der Waals surface area contributed by atoms with Gasteiger partial charge in [0.15, 0.2) is 5.78 Å². The number of nitrogens with one attached hydrogen (secondary N) is 2. The summed E-state index contributed by atoms with van der Waals surface area (Å²) in [6, 6.07) is 0. The van der Waals surface area contributed by atoms with Crippen molar-refractivity contribution in [1.29, 1.82) is 0 Å². The van der Waals surface area contributed by atoms with Gasteiger partial charge in [-0.3, -0.25) is 14.4 Å². The van der Waals surface area contributed by atoms with E-state index in [4.69, 9.17) is 0 Å². The van der Waals surface area contributed by atoms with Gasteiger partial charge in [-0.1, -0.05) is 27.9 Å². The zero-order chi connectivity index (χ0) is 13.7. The van der Waals surface area contributed by atoms with Crippen LogP contribution < -0.4 is 10.6 Å². The third kappa shape index (κ3) is 16.5. The molecule has 0 saturated heterocycles. The van der Waals surface area contributed by atoms with Crippen LogP contribution in [-0.4, -0.2) is 30.7 Å². The second-order valence-corrected chi connectivity index (χ2v) is 2.73. The maximum Gasteiger partial charge on any atom is 0.244 e. The van der Waals surface area contributed by atoms with Gasteiger partial charge in [0.25, 0.3) is 0 Å². The number of hydrogen-bond acceptors (Lipinski definition) is 3. The Hall–Kier alpha value is -1.91. The summed E-state index contributed by atoms with van der Waals surface area (Å²) in [4.78, 5) is 32.1. The third-order valence-corrected chi connectivity index (χ3v) is 1.38. The lowest BCUT2D eigenvalue weighted by Crippen LogP contribution is -2.33. The summed E-state index contributed by atoms with van der Waals surface area (Å²) < 4.78 is 0. The lowest BCUT2D eigenvalue weighted by molar-refractivity contribution is -0.118. The van der Waals surface area contributed by atoms with Crippen LogP contribution in [-0.2, 0) is 14.4 Å². The van der Waals surface area contributed by atoms with Gasteiger partial charge in [-0.2, -0.15) is 0 Å². The van der Waals surface area contributed by atoms with Crippen LogP contribution in [0.25, 0.3) is 0 Å². The highest BCUT2D eigenvalue weighted by atomic mass is 16.2. The average molecular weight is 260 g/mol. The van der Waals surface area contributed by atoms with Gasteiger partial charge >= 0.3 is 0 Å². The molecule has 0 heterocycles. The van der Waals surface area contributed by atoms with Gasteiger partial charge in [-0.15, -0.1) is 0 Å². The zero-order valence-corrected chi connectivity index (χ0v) is 10.6. The van der Waals surface area contributed by atoms with Crippen LogP contribution in [0.5, 0.6) is 0 Å². The van der Waals surface area contributed by atoms with Crippen molar-refractivity contribution in [3.63, 3.8) is 0 Å². The Morgan fingerprint density at radius 2 is 1.50 bits per heavy atom. The molecule has 5 heteroatoms. The highest BCUT2D eigenvalue weighted by molar-refractivity contribution is 5.96. The minimum absolute atomic E-state index is 0. The summed E-state index contributed by atoms with van der Waals surface area (Å²) in [6.45, 7) is 9.26. The van der Waals surface area contributed by atoms with Gasteiger partial charge in [-0.25, -0.2) is 0 Å². The molecular weight excluding hydrogens is 232 g/mol. The van der Waals surface area contributed by atoms with E-state index in [2.05, 4.69) is 17.2 Å². The molecule has 0 fully saturated rings. The van der Waals surface area contributed by atoms with E-state index in [0.717, 1.165) is 12.2 Å². The molecule has 0 spiro atoms. The fourth-order valence-corrected chi connectivity index (χ4v) is 0.696. The summed E-state index contributed by atoms with van der Waals surface area (Å²) in [6.07, 6.45) is 3.48. The van der Waals surface area contributed by atoms with Crippen LogP contribution in [0.2, 0.25) is 0 Å². The van der Waals surface area contributed by atoms with E-state index >= 15 is 0 Å². The molecule has 0 aliphatic heterocycles. The van der Waals surface area contributed by atoms with Gasteiger partial charge < -0.3 is 10.6 Å². The van der Waals surface area contributed by atoms with Gasteiger partial charge in [-0.05, 0) is 19.1 Å². The number of carbonyl (C=O) groups excluding carboxylic acids is 3. The molecule has 0 rings (SSSR count). The molecule has 2 amide bonds. The van der Waals surface area contributed by atoms with E-state index < -0.39 is 0 Å². The quantitative estimate of drug-likeness (QED) is 0.564. The number of hydrogen-bond donors (Lipinski definition) is 2. The fourth-order valence-electron chi connectivity index (χ4n) is 0.696. The van der Waals surface area contributed by atoms with Crippen LogP contribution >= 0.6 is 0 Å². The van der Waals surface area contributed by atoms with Crippen molar-refractivity contribution >= 4 is 17.6 Å². The van der Waals surface area contributed by atoms with Crippen molar-refractivity contribution < 1.29 is 17.2 Å². The monoisotopic (exact) mass is 260 g/mol. The standard InChI is InChI=1S/C10H14N2O3.C2H6.CH4.2H2/c1-3-9(14)11-6-7-12-10(15)5-4-8(2)13;1-2;;;/h3-5H,1,6-7H2,2H3,(H,11,14)(H,12,15);1-2H3;1H4;2*1H/b5-4+;;;;. The predicted molar refractivity (Wildman–Crippen MR) is 78.3 cm³/mol. The summed E-state index contributed by atoms with van der Waals surface area (Å²) in [5, 5.41) is 4.98. The highest BCUT2D eigenvalue weighted by Gasteiger charge is 1.96. The molecule has 0 radical (unpaired) electrons. The highest BCUT2D eigenvalue weighted by Crippen LogP contribution is 1.75. The van der Waals surface area contributed by atoms with Gasteiger partial charge in [0, 0.05) is 22.0 Å². The molecule has 18 heavy (non-hydrogen) atoms. The third-order valence-electron chi connectivity index (χ3n) is 1.38. The molecular formula is C13H28N2O3. The molecule has 0 aromatic carbocycles. The van der Waals surface area contributed by atoms with Crippen molar-refractivity contribution in [1.82, 2.24) is 10.6 Å². The molecule has 0 aliphatic rings. The van der Waals surface area contributed by atoms with Gasteiger partial charge in [0.05, 0.1) is 0 Å². The first-order valence-corrected chi connectivity index (χ1v) is 5.43. The van der Waals surface area contributed by atoms with Crippen LogP contribution in [0, 0.1) is 0 Å². The summed E-state index contributed by atoms with van der Waals surface area (Å²) in [5.41, 5.74) is 0. The lowest BCUT2D eigenvalue weighted by Gasteiger charge is -2.02. The predicted octanol–water partition coefficient (Wildman–Crippen LogP) is 1.70. The molecule has 5 nitrogen and oxygen atoms in total. The molecule has 108 valence electrons. The first kappa shape index (κ1) is 21.4. The van der Waals surface area contributed by atoms with E-state index in [1.165, 1.54) is 13.0 Å². The molecule has 0 aliphatic carbocycles. The van der Waals surface area contributed by atoms with Crippen LogP contribution in [0.4, 0.5) is 0 Å². The largest absolute Gasteiger partial charge is 0.351 e. The zero-order valence-electron chi connectivity index (χ0n) is 10.6. The average Bonchev–Trinajstić information content (AvgIpc) is 2.34. The SMILES string of the molecule is C.C=CC(=O)NCCNC(=O)/C=C/C(C)=O.CC.[HH].[HH]. The topological polar surface area (TPSA) is 75.3 Å². The maximum atomic E-state index is 11.0. The summed E-state index contributed by atoms with van der Waals surface area (Å²) in [5.74, 6) is -0.841. The molecule has 0 saturated carbocycles. The number of carbonyl (C=O) groups is 3. The van der Waals surface area contributed by atoms with E-state index in [1.54, 1.807) is 0 Å². The van der Waals surface area contributed by atoms with Crippen LogP contribution in [0.3, 0.4) is 0 Å². The second-order valence-electron chi connectivity index (χ2n) is 2.73. The van der Waals surface area contributed by atoms with E-state index in [9.17, 15) is 14.4 Å². The first-order chi connectivity index (χ1) is 8.06. The number of amides is 2.